The Morgan fingerprint density at radius 3 is 3.08 bits per heavy atom. The summed E-state index contributed by atoms with van der Waals surface area (Å²) in [6, 6.07) is 1.57. The van der Waals surface area contributed by atoms with E-state index >= 15 is 0 Å². The summed E-state index contributed by atoms with van der Waals surface area (Å²) in [5.41, 5.74) is 3.19. The summed E-state index contributed by atoms with van der Waals surface area (Å²) >= 11 is 3.29. The highest BCUT2D eigenvalue weighted by Gasteiger charge is 2.16. The van der Waals surface area contributed by atoms with Crippen LogP contribution < -0.4 is 5.32 Å². The van der Waals surface area contributed by atoms with Crippen LogP contribution in [-0.2, 0) is 6.42 Å². The molecule has 13 heavy (non-hydrogen) atoms. The fraction of sp³-hybridized carbons (Fsp3) is 0.400. The highest BCUT2D eigenvalue weighted by Crippen LogP contribution is 2.34. The molecule has 1 aliphatic heterocycles. The molecule has 0 spiro atoms. The predicted octanol–water partition coefficient (Wildman–Crippen LogP) is 3.25. The van der Waals surface area contributed by atoms with E-state index in [2.05, 4.69) is 21.2 Å². The molecule has 1 nitrogen and oxygen atoms in total. The SMILES string of the molecule is Cc1cc(F)c(Br)c2c1NCCC2. The Morgan fingerprint density at radius 2 is 2.31 bits per heavy atom. The zero-order chi connectivity index (χ0) is 9.42. The van der Waals surface area contributed by atoms with Crippen molar-refractivity contribution >= 4 is 21.6 Å². The van der Waals surface area contributed by atoms with Gasteiger partial charge in [-0.15, -0.1) is 0 Å². The molecule has 0 unspecified atom stereocenters. The third-order valence-corrected chi connectivity index (χ3v) is 3.28. The summed E-state index contributed by atoms with van der Waals surface area (Å²) in [5.74, 6) is -0.153. The number of anilines is 1. The van der Waals surface area contributed by atoms with E-state index in [1.165, 1.54) is 0 Å². The van der Waals surface area contributed by atoms with Crippen LogP contribution in [0.2, 0.25) is 0 Å². The van der Waals surface area contributed by atoms with Crippen LogP contribution in [-0.4, -0.2) is 6.54 Å². The van der Waals surface area contributed by atoms with Gasteiger partial charge in [0.05, 0.1) is 4.47 Å². The Kier molecular flexibility index (Phi) is 2.28. The fourth-order valence-electron chi connectivity index (χ4n) is 1.78. The quantitative estimate of drug-likeness (QED) is 0.738. The average molecular weight is 244 g/mol. The van der Waals surface area contributed by atoms with E-state index in [9.17, 15) is 4.39 Å². The van der Waals surface area contributed by atoms with Crippen LogP contribution in [0.4, 0.5) is 10.1 Å². The van der Waals surface area contributed by atoms with Gasteiger partial charge in [0.2, 0.25) is 0 Å². The smallest absolute Gasteiger partial charge is 0.138 e. The molecular formula is C10H11BrFN. The largest absolute Gasteiger partial charge is 0.385 e. The summed E-state index contributed by atoms with van der Waals surface area (Å²) in [4.78, 5) is 0. The number of rotatable bonds is 0. The Balaban J connectivity index is 2.63. The molecule has 1 aliphatic rings. The van der Waals surface area contributed by atoms with Gasteiger partial charge in [-0.3, -0.25) is 0 Å². The second-order valence-corrected chi connectivity index (χ2v) is 4.17. The van der Waals surface area contributed by atoms with Crippen molar-refractivity contribution in [3.05, 3.63) is 27.5 Å². The molecule has 1 heterocycles. The summed E-state index contributed by atoms with van der Waals surface area (Å²) < 4.78 is 13.9. The Hall–Kier alpha value is -0.570. The maximum Gasteiger partial charge on any atom is 0.138 e. The first-order valence-corrected chi connectivity index (χ1v) is 5.21. The second-order valence-electron chi connectivity index (χ2n) is 3.37. The first-order chi connectivity index (χ1) is 6.20. The lowest BCUT2D eigenvalue weighted by Gasteiger charge is -2.21. The van der Waals surface area contributed by atoms with E-state index in [0.29, 0.717) is 4.47 Å². The summed E-state index contributed by atoms with van der Waals surface area (Å²) in [7, 11) is 0. The molecule has 1 aromatic rings. The average Bonchev–Trinajstić information content (AvgIpc) is 2.15. The minimum atomic E-state index is -0.153. The summed E-state index contributed by atoms with van der Waals surface area (Å²) in [6.45, 7) is 2.93. The Morgan fingerprint density at radius 1 is 1.54 bits per heavy atom. The molecule has 0 bridgehead atoms. The number of nitrogens with one attached hydrogen (secondary N) is 1. The van der Waals surface area contributed by atoms with E-state index in [1.54, 1.807) is 6.07 Å². The van der Waals surface area contributed by atoms with Crippen LogP contribution in [0.3, 0.4) is 0 Å². The van der Waals surface area contributed by atoms with Crippen LogP contribution in [0, 0.1) is 12.7 Å². The molecule has 0 saturated heterocycles. The van der Waals surface area contributed by atoms with Crippen molar-refractivity contribution < 1.29 is 4.39 Å². The fourth-order valence-corrected chi connectivity index (χ4v) is 2.29. The normalized spacial score (nSPS) is 15.0. The van der Waals surface area contributed by atoms with E-state index < -0.39 is 0 Å². The number of aryl methyl sites for hydroxylation is 1. The van der Waals surface area contributed by atoms with E-state index in [4.69, 9.17) is 0 Å². The van der Waals surface area contributed by atoms with Crippen molar-refractivity contribution in [2.45, 2.75) is 19.8 Å². The zero-order valence-corrected chi connectivity index (χ0v) is 9.04. The number of hydrogen-bond acceptors (Lipinski definition) is 1. The van der Waals surface area contributed by atoms with Gasteiger partial charge in [-0.2, -0.15) is 0 Å². The lowest BCUT2D eigenvalue weighted by atomic mass is 10.00. The highest BCUT2D eigenvalue weighted by molar-refractivity contribution is 9.10. The molecule has 70 valence electrons. The summed E-state index contributed by atoms with van der Waals surface area (Å²) in [5, 5.41) is 3.30. The number of hydrogen-bond donors (Lipinski definition) is 1. The Bertz CT molecular complexity index is 349. The molecule has 0 atom stereocenters. The van der Waals surface area contributed by atoms with Gasteiger partial charge in [0.25, 0.3) is 0 Å². The van der Waals surface area contributed by atoms with Gasteiger partial charge < -0.3 is 5.32 Å². The van der Waals surface area contributed by atoms with Crippen LogP contribution in [0.5, 0.6) is 0 Å². The maximum atomic E-state index is 13.3. The standard InChI is InChI=1S/C10H11BrFN/c1-6-5-8(12)9(11)7-3-2-4-13-10(6)7/h5,13H,2-4H2,1H3. The van der Waals surface area contributed by atoms with Crippen molar-refractivity contribution in [2.24, 2.45) is 0 Å². The zero-order valence-electron chi connectivity index (χ0n) is 7.45. The van der Waals surface area contributed by atoms with Gasteiger partial charge in [0.1, 0.15) is 5.82 Å². The monoisotopic (exact) mass is 243 g/mol. The topological polar surface area (TPSA) is 12.0 Å². The molecule has 1 N–H and O–H groups in total. The highest BCUT2D eigenvalue weighted by atomic mass is 79.9. The molecule has 3 heteroatoms. The number of benzene rings is 1. The molecule has 0 fully saturated rings. The van der Waals surface area contributed by atoms with Crippen LogP contribution >= 0.6 is 15.9 Å². The van der Waals surface area contributed by atoms with Gasteiger partial charge in [-0.25, -0.2) is 4.39 Å². The molecule has 1 aromatic carbocycles. The third-order valence-electron chi connectivity index (χ3n) is 2.42. The molecule has 0 amide bonds. The van der Waals surface area contributed by atoms with Gasteiger partial charge >= 0.3 is 0 Å². The van der Waals surface area contributed by atoms with Crippen LogP contribution in [0.25, 0.3) is 0 Å². The van der Waals surface area contributed by atoms with E-state index in [1.807, 2.05) is 6.92 Å². The lowest BCUT2D eigenvalue weighted by Crippen LogP contribution is -2.14. The Labute approximate surface area is 85.5 Å². The van der Waals surface area contributed by atoms with Gasteiger partial charge in [-0.05, 0) is 52.9 Å². The van der Waals surface area contributed by atoms with Crippen molar-refractivity contribution in [1.82, 2.24) is 0 Å². The van der Waals surface area contributed by atoms with Crippen molar-refractivity contribution in [3.8, 4) is 0 Å². The molecule has 0 radical (unpaired) electrons. The molecule has 0 saturated carbocycles. The molecule has 2 rings (SSSR count). The minimum Gasteiger partial charge on any atom is -0.385 e. The molecule has 0 aromatic heterocycles. The van der Waals surface area contributed by atoms with Gasteiger partial charge in [0, 0.05) is 12.2 Å². The number of halogens is 2. The van der Waals surface area contributed by atoms with Crippen LogP contribution in [0.15, 0.2) is 10.5 Å². The van der Waals surface area contributed by atoms with Crippen LogP contribution in [0.1, 0.15) is 17.5 Å². The van der Waals surface area contributed by atoms with Crippen molar-refractivity contribution in [1.29, 1.82) is 0 Å². The van der Waals surface area contributed by atoms with Gasteiger partial charge in [-0.1, -0.05) is 0 Å². The number of fused-ring (bicyclic) bond motifs is 1. The maximum absolute atomic E-state index is 13.3. The van der Waals surface area contributed by atoms with Gasteiger partial charge in [0.15, 0.2) is 0 Å². The van der Waals surface area contributed by atoms with E-state index in [0.717, 1.165) is 36.2 Å². The predicted molar refractivity (Wildman–Crippen MR) is 55.6 cm³/mol. The van der Waals surface area contributed by atoms with Crippen molar-refractivity contribution in [3.63, 3.8) is 0 Å². The first-order valence-electron chi connectivity index (χ1n) is 4.41. The van der Waals surface area contributed by atoms with E-state index in [-0.39, 0.29) is 5.82 Å². The summed E-state index contributed by atoms with van der Waals surface area (Å²) in [6.07, 6.45) is 2.04. The first kappa shape index (κ1) is 9.00. The second kappa shape index (κ2) is 3.29. The third kappa shape index (κ3) is 1.46. The molecule has 0 aliphatic carbocycles. The molecular weight excluding hydrogens is 233 g/mol. The van der Waals surface area contributed by atoms with Crippen molar-refractivity contribution in [2.75, 3.05) is 11.9 Å². The lowest BCUT2D eigenvalue weighted by molar-refractivity contribution is 0.614. The minimum absolute atomic E-state index is 0.153.